The van der Waals surface area contributed by atoms with Gasteiger partial charge in [-0.3, -0.25) is 9.79 Å². The molecule has 0 unspecified atom stereocenters. The molecule has 1 aromatic carbocycles. The Hall–Kier alpha value is -2.63. The van der Waals surface area contributed by atoms with E-state index in [1.807, 2.05) is 4.90 Å². The zero-order valence-electron chi connectivity index (χ0n) is 13.9. The largest absolute Gasteiger partial charge is 0.506 e. The van der Waals surface area contributed by atoms with Crippen molar-refractivity contribution in [1.29, 1.82) is 0 Å². The summed E-state index contributed by atoms with van der Waals surface area (Å²) >= 11 is 0. The summed E-state index contributed by atoms with van der Waals surface area (Å²) in [5.74, 6) is -0.175. The molecule has 1 aromatic rings. The normalized spacial score (nSPS) is 20.3. The van der Waals surface area contributed by atoms with E-state index in [0.29, 0.717) is 32.1 Å². The molecule has 0 aliphatic carbocycles. The van der Waals surface area contributed by atoms with Gasteiger partial charge in [-0.05, 0) is 30.2 Å². The van der Waals surface area contributed by atoms with Crippen LogP contribution in [0.25, 0.3) is 0 Å². The van der Waals surface area contributed by atoms with Gasteiger partial charge in [0.1, 0.15) is 17.3 Å². The van der Waals surface area contributed by atoms with Gasteiger partial charge in [0, 0.05) is 37.7 Å². The number of aromatic hydroxyl groups is 1. The number of amides is 1. The highest BCUT2D eigenvalue weighted by atomic mass is 19.1. The van der Waals surface area contributed by atoms with E-state index in [9.17, 15) is 14.3 Å². The van der Waals surface area contributed by atoms with Gasteiger partial charge in [0.25, 0.3) is 0 Å². The van der Waals surface area contributed by atoms with Crippen LogP contribution in [0.3, 0.4) is 0 Å². The number of phenols is 1. The molecule has 0 spiro atoms. The van der Waals surface area contributed by atoms with Crippen LogP contribution in [0.4, 0.5) is 10.1 Å². The van der Waals surface area contributed by atoms with E-state index in [1.165, 1.54) is 29.8 Å². The summed E-state index contributed by atoms with van der Waals surface area (Å²) in [5, 5.41) is 10.00. The molecule has 4 rings (SSSR count). The molecule has 1 amide bonds. The molecule has 1 N–H and O–H groups in total. The number of nitrogens with zero attached hydrogens (tertiary/aromatic N) is 3. The molecule has 0 aromatic heterocycles. The van der Waals surface area contributed by atoms with Gasteiger partial charge in [-0.25, -0.2) is 4.39 Å². The first-order valence-corrected chi connectivity index (χ1v) is 8.49. The van der Waals surface area contributed by atoms with Crippen LogP contribution in [0.5, 0.6) is 5.75 Å². The Morgan fingerprint density at radius 3 is 2.92 bits per heavy atom. The smallest absolute Gasteiger partial charge is 0.245 e. The lowest BCUT2D eigenvalue weighted by Crippen LogP contribution is -2.52. The number of hydrogen-bond acceptors (Lipinski definition) is 4. The first-order valence-electron chi connectivity index (χ1n) is 8.49. The first-order chi connectivity index (χ1) is 12.1. The summed E-state index contributed by atoms with van der Waals surface area (Å²) in [6.45, 7) is 6.08. The average molecular weight is 341 g/mol. The van der Waals surface area contributed by atoms with Crippen LogP contribution in [0.2, 0.25) is 0 Å². The van der Waals surface area contributed by atoms with E-state index in [2.05, 4.69) is 6.58 Å². The number of rotatable bonds is 3. The highest BCUT2D eigenvalue weighted by Gasteiger charge is 2.36. The Bertz CT molecular complexity index is 789. The van der Waals surface area contributed by atoms with Crippen molar-refractivity contribution in [2.24, 2.45) is 10.9 Å². The number of hydrogen-bond donors (Lipinski definition) is 1. The molecule has 3 heterocycles. The van der Waals surface area contributed by atoms with E-state index in [1.54, 1.807) is 4.90 Å². The summed E-state index contributed by atoms with van der Waals surface area (Å²) in [7, 11) is 0. The van der Waals surface area contributed by atoms with Crippen LogP contribution in [-0.2, 0) is 4.79 Å². The van der Waals surface area contributed by atoms with Crippen molar-refractivity contribution in [3.63, 3.8) is 0 Å². The number of aliphatic imine (C=N–C) groups is 1. The summed E-state index contributed by atoms with van der Waals surface area (Å²) in [6, 6.07) is 4.37. The summed E-state index contributed by atoms with van der Waals surface area (Å²) in [5.41, 5.74) is 3.66. The van der Waals surface area contributed by atoms with Crippen molar-refractivity contribution in [1.82, 2.24) is 4.90 Å². The van der Waals surface area contributed by atoms with Gasteiger partial charge < -0.3 is 14.9 Å². The predicted molar refractivity (Wildman–Crippen MR) is 94.2 cm³/mol. The molecule has 3 aliphatic rings. The molecule has 1 saturated heterocycles. The van der Waals surface area contributed by atoms with Crippen LogP contribution < -0.4 is 4.90 Å². The number of likely N-dealkylation sites (tertiary alicyclic amines) is 1. The Balaban J connectivity index is 1.46. The third-order valence-corrected chi connectivity index (χ3v) is 5.23. The van der Waals surface area contributed by atoms with E-state index in [4.69, 9.17) is 4.99 Å². The summed E-state index contributed by atoms with van der Waals surface area (Å²) < 4.78 is 14.1. The lowest BCUT2D eigenvalue weighted by Gasteiger charge is -2.38. The lowest BCUT2D eigenvalue weighted by atomic mass is 9.90. The van der Waals surface area contributed by atoms with Gasteiger partial charge in [0.2, 0.25) is 5.91 Å². The molecule has 25 heavy (non-hydrogen) atoms. The zero-order valence-corrected chi connectivity index (χ0v) is 13.9. The van der Waals surface area contributed by atoms with Crippen molar-refractivity contribution in [3.8, 4) is 5.75 Å². The summed E-state index contributed by atoms with van der Waals surface area (Å²) in [6.07, 6.45) is 3.01. The average Bonchev–Trinajstić information content (AvgIpc) is 2.95. The number of carbonyl (C=O) groups is 1. The highest BCUT2D eigenvalue weighted by molar-refractivity contribution is 5.96. The third-order valence-electron chi connectivity index (χ3n) is 5.23. The third kappa shape index (κ3) is 2.71. The first kappa shape index (κ1) is 15.9. The molecular formula is C19H20FN3O2. The minimum Gasteiger partial charge on any atom is -0.506 e. The second kappa shape index (κ2) is 6.02. The van der Waals surface area contributed by atoms with Gasteiger partial charge in [0.05, 0.1) is 12.2 Å². The van der Waals surface area contributed by atoms with Crippen molar-refractivity contribution in [2.75, 3.05) is 31.1 Å². The number of phenolic OH excluding ortho intramolecular Hbond substituents is 1. The lowest BCUT2D eigenvalue weighted by molar-refractivity contribution is -0.130. The van der Waals surface area contributed by atoms with Gasteiger partial charge in [-0.1, -0.05) is 12.6 Å². The van der Waals surface area contributed by atoms with E-state index >= 15 is 0 Å². The maximum atomic E-state index is 14.1. The number of benzene rings is 1. The Kier molecular flexibility index (Phi) is 3.82. The van der Waals surface area contributed by atoms with Crippen LogP contribution in [0.15, 0.2) is 47.1 Å². The number of anilines is 1. The monoisotopic (exact) mass is 341 g/mol. The fraction of sp³-hybridized carbons (Fsp3) is 0.368. The second-order valence-electron chi connectivity index (χ2n) is 6.75. The van der Waals surface area contributed by atoms with Crippen molar-refractivity contribution < 1.29 is 14.3 Å². The Labute approximate surface area is 145 Å². The fourth-order valence-electron chi connectivity index (χ4n) is 3.76. The zero-order chi connectivity index (χ0) is 17.6. The molecule has 1 fully saturated rings. The van der Waals surface area contributed by atoms with Crippen LogP contribution in [0, 0.1) is 11.7 Å². The molecule has 6 heteroatoms. The van der Waals surface area contributed by atoms with E-state index in [0.717, 1.165) is 24.3 Å². The molecule has 0 saturated carbocycles. The van der Waals surface area contributed by atoms with Gasteiger partial charge in [-0.15, -0.1) is 0 Å². The number of carbonyl (C=O) groups excluding carboxylic acids is 1. The predicted octanol–water partition coefficient (Wildman–Crippen LogP) is 2.48. The van der Waals surface area contributed by atoms with Crippen LogP contribution >= 0.6 is 0 Å². The van der Waals surface area contributed by atoms with E-state index < -0.39 is 5.82 Å². The van der Waals surface area contributed by atoms with Gasteiger partial charge in [0.15, 0.2) is 0 Å². The molecular weight excluding hydrogens is 321 g/mol. The quantitative estimate of drug-likeness (QED) is 0.860. The number of halogens is 1. The van der Waals surface area contributed by atoms with E-state index in [-0.39, 0.29) is 17.3 Å². The maximum absolute atomic E-state index is 14.1. The molecule has 5 nitrogen and oxygen atoms in total. The maximum Gasteiger partial charge on any atom is 0.245 e. The minimum atomic E-state index is -0.413. The van der Waals surface area contributed by atoms with Gasteiger partial charge in [-0.2, -0.15) is 0 Å². The summed E-state index contributed by atoms with van der Waals surface area (Å²) in [4.78, 5) is 20.0. The molecule has 0 radical (unpaired) electrons. The molecule has 130 valence electrons. The molecule has 0 atom stereocenters. The minimum absolute atomic E-state index is 0.0335. The van der Waals surface area contributed by atoms with Crippen LogP contribution in [0.1, 0.15) is 12.8 Å². The highest BCUT2D eigenvalue weighted by Crippen LogP contribution is 2.37. The van der Waals surface area contributed by atoms with Crippen molar-refractivity contribution in [2.45, 2.75) is 12.8 Å². The molecule has 0 bridgehead atoms. The second-order valence-corrected chi connectivity index (χ2v) is 6.75. The van der Waals surface area contributed by atoms with Crippen LogP contribution in [-0.4, -0.2) is 47.8 Å². The fourth-order valence-corrected chi connectivity index (χ4v) is 3.76. The SMILES string of the molecule is C=CC(=O)N1CC(C2=NC3=C(CCN(c4c(O)cccc4F)C3)C2)C1. The van der Waals surface area contributed by atoms with Crippen molar-refractivity contribution >= 4 is 17.3 Å². The Morgan fingerprint density at radius 2 is 2.20 bits per heavy atom. The standard InChI is InChI=1S/C19H20FN3O2/c1-2-18(25)23-9-13(10-23)15-8-12-6-7-22(11-16(12)21-15)19-14(20)4-3-5-17(19)24/h2-5,13,24H,1,6-11H2. The van der Waals surface area contributed by atoms with Crippen molar-refractivity contribution in [3.05, 3.63) is 47.9 Å². The van der Waals surface area contributed by atoms with Gasteiger partial charge >= 0.3 is 0 Å². The Morgan fingerprint density at radius 1 is 1.40 bits per heavy atom. The molecule has 3 aliphatic heterocycles. The number of para-hydroxylation sites is 1. The topological polar surface area (TPSA) is 56.1 Å².